The Balaban J connectivity index is 2.08. The van der Waals surface area contributed by atoms with Crippen molar-refractivity contribution in [1.82, 2.24) is 14.6 Å². The van der Waals surface area contributed by atoms with Crippen molar-refractivity contribution in [3.05, 3.63) is 36.5 Å². The first kappa shape index (κ1) is 16.1. The molecule has 0 atom stereocenters. The normalized spacial score (nSPS) is 15.3. The largest absolute Gasteiger partial charge is 0.310 e. The summed E-state index contributed by atoms with van der Waals surface area (Å²) in [4.78, 5) is 4.13. The van der Waals surface area contributed by atoms with E-state index in [2.05, 4.69) is 16.9 Å². The van der Waals surface area contributed by atoms with E-state index in [4.69, 9.17) is 0 Å². The minimum Gasteiger partial charge on any atom is -0.310 e. The topological polar surface area (TPSA) is 62.3 Å². The van der Waals surface area contributed by atoms with Crippen LogP contribution in [0, 0.1) is 0 Å². The van der Waals surface area contributed by atoms with Crippen LogP contribution in [-0.2, 0) is 16.6 Å². The summed E-state index contributed by atoms with van der Waals surface area (Å²) in [6, 6.07) is 4.04. The van der Waals surface area contributed by atoms with E-state index >= 15 is 0 Å². The Hall–Kier alpha value is -1.24. The molecule has 5 nitrogen and oxygen atoms in total. The first-order valence-corrected chi connectivity index (χ1v) is 8.81. The van der Waals surface area contributed by atoms with Crippen LogP contribution >= 0.6 is 0 Å². The Morgan fingerprint density at radius 2 is 2.24 bits per heavy atom. The molecule has 1 heterocycles. The predicted octanol–water partition coefficient (Wildman–Crippen LogP) is 1.92. The summed E-state index contributed by atoms with van der Waals surface area (Å²) in [6.07, 6.45) is 6.46. The van der Waals surface area contributed by atoms with Crippen molar-refractivity contribution in [3.8, 4) is 0 Å². The lowest BCUT2D eigenvalue weighted by Gasteiger charge is -2.19. The summed E-state index contributed by atoms with van der Waals surface area (Å²) >= 11 is 0. The van der Waals surface area contributed by atoms with Crippen LogP contribution in [0.25, 0.3) is 0 Å². The molecular formula is C15H23N3O2S. The van der Waals surface area contributed by atoms with E-state index in [1.54, 1.807) is 18.3 Å². The predicted molar refractivity (Wildman–Crippen MR) is 83.3 cm³/mol. The summed E-state index contributed by atoms with van der Waals surface area (Å²) in [5.41, 5.74) is 1.01. The fourth-order valence-electron chi connectivity index (χ4n) is 2.05. The van der Waals surface area contributed by atoms with Gasteiger partial charge in [0.05, 0.1) is 0 Å². The SMILES string of the molecule is C=CCN(CCC)S(=O)(=O)c1ccc(CNC2CC2)cn1. The van der Waals surface area contributed by atoms with Gasteiger partial charge < -0.3 is 5.32 Å². The minimum absolute atomic E-state index is 0.105. The monoisotopic (exact) mass is 309 g/mol. The van der Waals surface area contributed by atoms with E-state index < -0.39 is 10.0 Å². The lowest BCUT2D eigenvalue weighted by Crippen LogP contribution is -2.32. The quantitative estimate of drug-likeness (QED) is 0.708. The lowest BCUT2D eigenvalue weighted by molar-refractivity contribution is 0.439. The molecule has 0 aliphatic heterocycles. The first-order chi connectivity index (χ1) is 10.1. The fraction of sp³-hybridized carbons (Fsp3) is 0.533. The molecule has 0 unspecified atom stereocenters. The van der Waals surface area contributed by atoms with Crippen molar-refractivity contribution in [3.63, 3.8) is 0 Å². The van der Waals surface area contributed by atoms with Gasteiger partial charge >= 0.3 is 0 Å². The number of hydrogen-bond donors (Lipinski definition) is 1. The van der Waals surface area contributed by atoms with Gasteiger partial charge in [0.1, 0.15) is 0 Å². The van der Waals surface area contributed by atoms with Crippen molar-refractivity contribution < 1.29 is 8.42 Å². The molecule has 21 heavy (non-hydrogen) atoms. The molecule has 0 spiro atoms. The number of aromatic nitrogens is 1. The summed E-state index contributed by atoms with van der Waals surface area (Å²) in [6.45, 7) is 7.09. The lowest BCUT2D eigenvalue weighted by atomic mass is 10.3. The molecule has 1 aromatic heterocycles. The van der Waals surface area contributed by atoms with Gasteiger partial charge in [0.25, 0.3) is 10.0 Å². The molecule has 1 aliphatic rings. The van der Waals surface area contributed by atoms with Crippen LogP contribution in [0.3, 0.4) is 0 Å². The summed E-state index contributed by atoms with van der Waals surface area (Å²) in [7, 11) is -3.53. The van der Waals surface area contributed by atoms with Gasteiger partial charge in [-0.2, -0.15) is 4.31 Å². The zero-order chi connectivity index (χ0) is 15.3. The smallest absolute Gasteiger partial charge is 0.260 e. The third-order valence-electron chi connectivity index (χ3n) is 3.38. The van der Waals surface area contributed by atoms with Gasteiger partial charge in [-0.25, -0.2) is 13.4 Å². The molecule has 1 saturated carbocycles. The number of pyridine rings is 1. The maximum atomic E-state index is 12.5. The maximum absolute atomic E-state index is 12.5. The highest BCUT2D eigenvalue weighted by Gasteiger charge is 2.24. The van der Waals surface area contributed by atoms with E-state index in [0.717, 1.165) is 18.5 Å². The van der Waals surface area contributed by atoms with E-state index in [9.17, 15) is 8.42 Å². The van der Waals surface area contributed by atoms with Crippen LogP contribution in [0.5, 0.6) is 0 Å². The van der Waals surface area contributed by atoms with Gasteiger partial charge in [-0.1, -0.05) is 19.1 Å². The average molecular weight is 309 g/mol. The number of sulfonamides is 1. The van der Waals surface area contributed by atoms with Crippen LogP contribution in [0.2, 0.25) is 0 Å². The van der Waals surface area contributed by atoms with Gasteiger partial charge in [0, 0.05) is 31.9 Å². The molecule has 0 amide bonds. The van der Waals surface area contributed by atoms with Crippen LogP contribution in [0.15, 0.2) is 36.0 Å². The Kier molecular flexibility index (Phi) is 5.50. The highest BCUT2D eigenvalue weighted by molar-refractivity contribution is 7.89. The third-order valence-corrected chi connectivity index (χ3v) is 5.16. The molecular weight excluding hydrogens is 286 g/mol. The first-order valence-electron chi connectivity index (χ1n) is 7.37. The molecule has 0 saturated heterocycles. The molecule has 0 aromatic carbocycles. The Bertz CT molecular complexity index is 565. The Morgan fingerprint density at radius 3 is 2.76 bits per heavy atom. The van der Waals surface area contributed by atoms with E-state index in [1.807, 2.05) is 13.0 Å². The summed E-state index contributed by atoms with van der Waals surface area (Å²) in [5.74, 6) is 0. The van der Waals surface area contributed by atoms with Gasteiger partial charge in [-0.3, -0.25) is 0 Å². The average Bonchev–Trinajstić information content (AvgIpc) is 3.29. The van der Waals surface area contributed by atoms with Crippen LogP contribution in [-0.4, -0.2) is 36.8 Å². The number of nitrogens with one attached hydrogen (secondary N) is 1. The van der Waals surface area contributed by atoms with Gasteiger partial charge in [-0.05, 0) is 30.9 Å². The molecule has 1 fully saturated rings. The molecule has 6 heteroatoms. The summed E-state index contributed by atoms with van der Waals surface area (Å²) < 4.78 is 26.4. The van der Waals surface area contributed by atoms with Gasteiger partial charge in [0.2, 0.25) is 0 Å². The van der Waals surface area contributed by atoms with Gasteiger partial charge in [0.15, 0.2) is 5.03 Å². The van der Waals surface area contributed by atoms with E-state index in [-0.39, 0.29) is 5.03 Å². The highest BCUT2D eigenvalue weighted by atomic mass is 32.2. The van der Waals surface area contributed by atoms with Crippen molar-refractivity contribution in [1.29, 1.82) is 0 Å². The van der Waals surface area contributed by atoms with Crippen LogP contribution in [0.1, 0.15) is 31.7 Å². The molecule has 0 bridgehead atoms. The minimum atomic E-state index is -3.53. The number of nitrogens with zero attached hydrogens (tertiary/aromatic N) is 2. The molecule has 1 N–H and O–H groups in total. The molecule has 1 aromatic rings. The fourth-order valence-corrected chi connectivity index (χ4v) is 3.47. The number of hydrogen-bond acceptors (Lipinski definition) is 4. The third kappa shape index (κ3) is 4.36. The maximum Gasteiger partial charge on any atom is 0.260 e. The number of rotatable bonds is 9. The van der Waals surface area contributed by atoms with Crippen molar-refractivity contribution >= 4 is 10.0 Å². The zero-order valence-corrected chi connectivity index (χ0v) is 13.3. The van der Waals surface area contributed by atoms with Crippen molar-refractivity contribution in [2.45, 2.75) is 43.8 Å². The standard InChI is InChI=1S/C15H23N3O2S/c1-3-9-18(10-4-2)21(19,20)15-8-5-13(12-17-15)11-16-14-6-7-14/h3,5,8,12,14,16H,1,4,6-7,9-11H2,2H3. The van der Waals surface area contributed by atoms with E-state index in [1.165, 1.54) is 17.1 Å². The summed E-state index contributed by atoms with van der Waals surface area (Å²) in [5, 5.41) is 3.49. The second kappa shape index (κ2) is 7.15. The Morgan fingerprint density at radius 1 is 1.48 bits per heavy atom. The highest BCUT2D eigenvalue weighted by Crippen LogP contribution is 2.19. The van der Waals surface area contributed by atoms with Gasteiger partial charge in [-0.15, -0.1) is 6.58 Å². The molecule has 1 aliphatic carbocycles. The van der Waals surface area contributed by atoms with Crippen molar-refractivity contribution in [2.75, 3.05) is 13.1 Å². The Labute approximate surface area is 127 Å². The second-order valence-electron chi connectivity index (χ2n) is 5.31. The molecule has 116 valence electrons. The van der Waals surface area contributed by atoms with E-state index in [0.29, 0.717) is 19.1 Å². The van der Waals surface area contributed by atoms with Crippen LogP contribution in [0.4, 0.5) is 0 Å². The van der Waals surface area contributed by atoms with Crippen molar-refractivity contribution in [2.24, 2.45) is 0 Å². The molecule has 0 radical (unpaired) electrons. The second-order valence-corrected chi connectivity index (χ2v) is 7.20. The molecule has 2 rings (SSSR count). The zero-order valence-electron chi connectivity index (χ0n) is 12.5. The van der Waals surface area contributed by atoms with Crippen LogP contribution < -0.4 is 5.32 Å².